The molecule has 0 aliphatic rings. The SMILES string of the molecule is [1H+].[B]=C=N.[NaH]. The van der Waals surface area contributed by atoms with Crippen molar-refractivity contribution in [3.8, 4) is 0 Å². The molecule has 0 rings (SSSR count). The molecule has 0 aromatic heterocycles. The molecule has 0 saturated heterocycles. The predicted molar refractivity (Wildman–Crippen MR) is 21.7 cm³/mol. The molecule has 0 aliphatic carbocycles. The van der Waals surface area contributed by atoms with Crippen LogP contribution in [-0.2, 0) is 0 Å². The molecule has 1 radical (unpaired) electrons. The van der Waals surface area contributed by atoms with Gasteiger partial charge in [-0.3, -0.25) is 0 Å². The van der Waals surface area contributed by atoms with Crippen LogP contribution in [0, 0.1) is 5.41 Å². The van der Waals surface area contributed by atoms with Crippen molar-refractivity contribution in [3.05, 3.63) is 0 Å². The van der Waals surface area contributed by atoms with Crippen LogP contribution in [0.4, 0.5) is 0 Å². The van der Waals surface area contributed by atoms with Gasteiger partial charge in [-0.1, -0.05) is 0 Å². The Morgan fingerprint density at radius 3 is 2.00 bits per heavy atom. The molecular formula is CH3BNNa+. The van der Waals surface area contributed by atoms with Crippen LogP contribution in [0.3, 0.4) is 0 Å². The van der Waals surface area contributed by atoms with E-state index in [0.717, 1.165) is 0 Å². The van der Waals surface area contributed by atoms with Gasteiger partial charge in [0.1, 0.15) is 0 Å². The topological polar surface area (TPSA) is 23.9 Å². The normalized spacial score (nSPS) is 1.75. The average molecular weight is 62.8 g/mol. The van der Waals surface area contributed by atoms with E-state index in [-0.39, 0.29) is 31.0 Å². The molecule has 1 N–H and O–H groups in total. The fourth-order valence-electron chi connectivity index (χ4n) is 0. The molecule has 0 spiro atoms. The minimum absolute atomic E-state index is 0. The van der Waals surface area contributed by atoms with Gasteiger partial charge < -0.3 is 0 Å². The average Bonchev–Trinajstić information content (AvgIpc) is 0.918. The van der Waals surface area contributed by atoms with Crippen molar-refractivity contribution < 1.29 is 1.43 Å². The van der Waals surface area contributed by atoms with E-state index >= 15 is 0 Å². The zero-order chi connectivity index (χ0) is 2.71. The summed E-state index contributed by atoms with van der Waals surface area (Å²) in [5.74, 6) is 1.50. The van der Waals surface area contributed by atoms with E-state index in [4.69, 9.17) is 5.41 Å². The Bertz CT molecular complexity index is 32.6. The molecule has 0 saturated carbocycles. The second-order valence-corrected chi connectivity index (χ2v) is 0.144. The summed E-state index contributed by atoms with van der Waals surface area (Å²) in [6.07, 6.45) is 0. The predicted octanol–water partition coefficient (Wildman–Crippen LogP) is -0.897. The fraction of sp³-hybridized carbons (Fsp3) is 0. The molecule has 1 nitrogen and oxygen atoms in total. The third kappa shape index (κ3) is 17.2. The molecule has 0 unspecified atom stereocenters. The molecular weight excluding hydrogens is 59.8 g/mol. The first kappa shape index (κ1) is 8.82. The van der Waals surface area contributed by atoms with Crippen molar-refractivity contribution in [2.75, 3.05) is 0 Å². The summed E-state index contributed by atoms with van der Waals surface area (Å²) in [7, 11) is 4.26. The Balaban J connectivity index is -0.0000000200. The second-order valence-electron chi connectivity index (χ2n) is 0.144. The molecule has 3 heteroatoms. The van der Waals surface area contributed by atoms with Gasteiger partial charge in [0, 0.05) is 0 Å². The van der Waals surface area contributed by atoms with E-state index < -0.39 is 0 Å². The Hall–Kier alpha value is 0.645. The molecule has 0 aliphatic heterocycles. The van der Waals surface area contributed by atoms with Crippen LogP contribution in [0.15, 0.2) is 0 Å². The fourth-order valence-corrected chi connectivity index (χ4v) is 0. The number of hydrogen-bond acceptors (Lipinski definition) is 1. The third-order valence-electron chi connectivity index (χ3n) is 0. The van der Waals surface area contributed by atoms with Crippen LogP contribution in [0.1, 0.15) is 1.43 Å². The van der Waals surface area contributed by atoms with Crippen molar-refractivity contribution in [3.63, 3.8) is 0 Å². The monoisotopic (exact) mass is 63.0 g/mol. The summed E-state index contributed by atoms with van der Waals surface area (Å²) in [5, 5.41) is 5.74. The molecule has 0 aromatic carbocycles. The first-order valence-electron chi connectivity index (χ1n) is 0.539. The Kier molecular flexibility index (Phi) is 20.8. The van der Waals surface area contributed by atoms with Gasteiger partial charge in [0.15, 0.2) is 0 Å². The van der Waals surface area contributed by atoms with Crippen LogP contribution in [0.5, 0.6) is 0 Å². The number of nitrogens with one attached hydrogen (secondary N) is 1. The van der Waals surface area contributed by atoms with Crippen LogP contribution in [-0.4, -0.2) is 42.8 Å². The van der Waals surface area contributed by atoms with Gasteiger partial charge in [-0.2, -0.15) is 0 Å². The quantitative estimate of drug-likeness (QED) is 0.278. The van der Waals surface area contributed by atoms with Crippen molar-refractivity contribution in [1.29, 1.82) is 5.41 Å². The van der Waals surface area contributed by atoms with E-state index in [0.29, 0.717) is 0 Å². The van der Waals surface area contributed by atoms with Crippen LogP contribution in [0.25, 0.3) is 0 Å². The number of hydrogen-bond donors (Lipinski definition) is 1. The van der Waals surface area contributed by atoms with Crippen molar-refractivity contribution in [2.45, 2.75) is 0 Å². The zero-order valence-corrected chi connectivity index (χ0v) is 1.58. The van der Waals surface area contributed by atoms with Gasteiger partial charge in [0.05, 0.1) is 0 Å². The van der Waals surface area contributed by atoms with Crippen molar-refractivity contribution in [2.24, 2.45) is 0 Å². The Labute approximate surface area is 49.8 Å². The minimum atomic E-state index is 0. The van der Waals surface area contributed by atoms with E-state index in [9.17, 15) is 0 Å². The molecule has 0 amide bonds. The Morgan fingerprint density at radius 2 is 2.00 bits per heavy atom. The maximum absolute atomic E-state index is 5.74. The van der Waals surface area contributed by atoms with Crippen LogP contribution >= 0.6 is 0 Å². The summed E-state index contributed by atoms with van der Waals surface area (Å²) in [4.78, 5) is 0. The van der Waals surface area contributed by atoms with Gasteiger partial charge in [0.25, 0.3) is 0 Å². The molecule has 4 heavy (non-hydrogen) atoms. The summed E-state index contributed by atoms with van der Waals surface area (Å²) in [6, 6.07) is 0. The van der Waals surface area contributed by atoms with E-state index in [2.05, 4.69) is 7.49 Å². The second kappa shape index (κ2) is 9.42. The number of rotatable bonds is 0. The molecule has 0 atom stereocenters. The Morgan fingerprint density at radius 1 is 2.00 bits per heavy atom. The summed E-state index contributed by atoms with van der Waals surface area (Å²) in [5.41, 5.74) is 0. The molecule has 0 aromatic rings. The summed E-state index contributed by atoms with van der Waals surface area (Å²) >= 11 is 0. The first-order chi connectivity index (χ1) is 1.41. The van der Waals surface area contributed by atoms with Crippen LogP contribution < -0.4 is 0 Å². The van der Waals surface area contributed by atoms with E-state index in [1.54, 1.807) is 0 Å². The maximum atomic E-state index is 5.74. The molecule has 0 heterocycles. The van der Waals surface area contributed by atoms with E-state index in [1.807, 2.05) is 0 Å². The van der Waals surface area contributed by atoms with Crippen LogP contribution in [0.2, 0.25) is 0 Å². The van der Waals surface area contributed by atoms with Crippen molar-refractivity contribution in [1.82, 2.24) is 0 Å². The van der Waals surface area contributed by atoms with Gasteiger partial charge in [-0.25, -0.2) is 0 Å². The van der Waals surface area contributed by atoms with Gasteiger partial charge in [0.2, 0.25) is 0 Å². The summed E-state index contributed by atoms with van der Waals surface area (Å²) < 4.78 is 0. The first-order valence-corrected chi connectivity index (χ1v) is 0.539. The summed E-state index contributed by atoms with van der Waals surface area (Å²) in [6.45, 7) is 0. The van der Waals surface area contributed by atoms with E-state index in [1.165, 1.54) is 5.76 Å². The van der Waals surface area contributed by atoms with Crippen molar-refractivity contribution >= 4 is 42.8 Å². The van der Waals surface area contributed by atoms with Gasteiger partial charge >= 0.3 is 49.6 Å². The van der Waals surface area contributed by atoms with Gasteiger partial charge in [-0.05, 0) is 0 Å². The van der Waals surface area contributed by atoms with Gasteiger partial charge in [-0.15, -0.1) is 0 Å². The molecule has 0 fully saturated rings. The molecule has 15 valence electrons. The third-order valence-corrected chi connectivity index (χ3v) is 0. The zero-order valence-electron chi connectivity index (χ0n) is 2.58. The standard InChI is InChI=1S/CHBN.Na.H/c2-1-3;;/h3H;;/p+1/i/hH. The molecule has 0 bridgehead atoms.